The monoisotopic (exact) mass is 765 g/mol. The van der Waals surface area contributed by atoms with E-state index in [0.29, 0.717) is 17.0 Å². The fourth-order valence-electron chi connectivity index (χ4n) is 7.44. The van der Waals surface area contributed by atoms with Crippen LogP contribution in [-0.2, 0) is 0 Å². The molecule has 3 aromatic heterocycles. The number of benzene rings is 9. The highest BCUT2D eigenvalue weighted by atomic mass is 32.1. The fraction of sp³-hybridized carbons (Fsp3) is 0. The molecule has 266 valence electrons. The van der Waals surface area contributed by atoms with E-state index in [1.54, 1.807) is 18.2 Å². The lowest BCUT2D eigenvalue weighted by atomic mass is 10.0. The van der Waals surface area contributed by atoms with Gasteiger partial charge in [-0.15, -0.1) is 11.3 Å². The van der Waals surface area contributed by atoms with Crippen molar-refractivity contribution in [1.82, 2.24) is 9.13 Å². The summed E-state index contributed by atoms with van der Waals surface area (Å²) in [6.45, 7) is 0. The quantitative estimate of drug-likeness (QED) is 0.165. The number of rotatable bonds is 5. The summed E-state index contributed by atoms with van der Waals surface area (Å²) in [7, 11) is 0. The normalized spacial score (nSPS) is 17.5. The first-order valence-corrected chi connectivity index (χ1v) is 18.5. The van der Waals surface area contributed by atoms with Gasteiger partial charge in [0.25, 0.3) is 0 Å². The number of thiophene rings is 1. The lowest BCUT2D eigenvalue weighted by Gasteiger charge is -2.12. The summed E-state index contributed by atoms with van der Waals surface area (Å²) in [5, 5.41) is -1.13. The summed E-state index contributed by atoms with van der Waals surface area (Å²) in [6.07, 6.45) is 0. The lowest BCUT2D eigenvalue weighted by Crippen LogP contribution is -1.95. The molecule has 3 heterocycles. The number of hydrogen-bond acceptors (Lipinski definition) is 1. The van der Waals surface area contributed by atoms with Gasteiger partial charge in [0.2, 0.25) is 0 Å². The molecule has 9 aromatic carbocycles. The second kappa shape index (κ2) is 12.7. The second-order valence-corrected chi connectivity index (χ2v) is 14.2. The van der Waals surface area contributed by atoms with E-state index < -0.39 is 156 Å². The van der Waals surface area contributed by atoms with E-state index in [4.69, 9.17) is 16.4 Å². The molecule has 0 saturated heterocycles. The number of hydrogen-bond donors (Lipinski definition) is 0. The predicted octanol–water partition coefficient (Wildman–Crippen LogP) is 15.2. The SMILES string of the molecule is [2H]c1cc2c(c([2H])c1[2H])c1c([2H])c(-c3cc4c(c([2H])c3[2H])c3c([2H])c([2H])c([2H])c([2H])c3n4-c3cccc(-c4ccccc4)c3)c([2H])c([2H])c1n2-c1c([2H])c([2H])c([2H])c2c1sc1c([2H])c(-c3c([2H])c([2H])c([2H])c([2H])c3[2H])c([2H])c([2H])c12. The minimum Gasteiger partial charge on any atom is -0.309 e. The van der Waals surface area contributed by atoms with Crippen molar-refractivity contribution in [3.63, 3.8) is 0 Å². The van der Waals surface area contributed by atoms with Gasteiger partial charge in [-0.3, -0.25) is 0 Å². The molecule has 0 radical (unpaired) electrons. The molecular weight excluding hydrogens is 709 g/mol. The van der Waals surface area contributed by atoms with E-state index >= 15 is 0 Å². The molecule has 0 aliphatic heterocycles. The number of fused-ring (bicyclic) bond motifs is 9. The van der Waals surface area contributed by atoms with Crippen LogP contribution in [0.1, 0.15) is 31.5 Å². The third kappa shape index (κ3) is 5.03. The molecule has 12 rings (SSSR count). The van der Waals surface area contributed by atoms with Gasteiger partial charge in [-0.1, -0.05) is 151 Å². The average molecular weight is 766 g/mol. The Morgan fingerprint density at radius 2 is 1.07 bits per heavy atom. The van der Waals surface area contributed by atoms with Crippen LogP contribution in [0.25, 0.3) is 109 Å². The zero-order chi connectivity index (χ0) is 57.5. The molecule has 0 amide bonds. The highest BCUT2D eigenvalue weighted by molar-refractivity contribution is 7.26. The van der Waals surface area contributed by atoms with Crippen LogP contribution in [-0.4, -0.2) is 9.13 Å². The molecule has 0 fully saturated rings. The first kappa shape index (κ1) is 16.9. The van der Waals surface area contributed by atoms with Crippen LogP contribution in [0.3, 0.4) is 0 Å². The zero-order valence-corrected chi connectivity index (χ0v) is 30.0. The number of nitrogens with zero attached hydrogens (tertiary/aromatic N) is 2. The van der Waals surface area contributed by atoms with Crippen molar-refractivity contribution in [3.05, 3.63) is 206 Å². The van der Waals surface area contributed by atoms with Gasteiger partial charge in [-0.05, 0) is 87.9 Å². The fourth-order valence-corrected chi connectivity index (χ4v) is 8.55. The molecule has 0 saturated carbocycles. The topological polar surface area (TPSA) is 9.86 Å². The van der Waals surface area contributed by atoms with Gasteiger partial charge in [-0.2, -0.15) is 0 Å². The largest absolute Gasteiger partial charge is 0.309 e. The summed E-state index contributed by atoms with van der Waals surface area (Å²) in [6, 6.07) is 3.91. The molecule has 0 spiro atoms. The Morgan fingerprint density at radius 3 is 1.98 bits per heavy atom. The molecule has 2 nitrogen and oxygen atoms in total. The van der Waals surface area contributed by atoms with E-state index in [1.165, 1.54) is 10.6 Å². The molecule has 57 heavy (non-hydrogen) atoms. The van der Waals surface area contributed by atoms with Gasteiger partial charge in [0, 0.05) is 42.7 Å². The highest BCUT2D eigenvalue weighted by Crippen LogP contribution is 2.43. The zero-order valence-electron chi connectivity index (χ0n) is 52.2. The standard InChI is InChI=1S/C54H34N2S/c1-3-13-35(14-4-1)37-17-11-18-41(31-37)55-48-22-9-7-19-42(48)44-28-25-39(33-52(44)55)38-27-30-50-47(32-38)43-20-8-10-23-49(43)56(50)51-24-12-21-46-45-29-26-40(34-53(45)57-54(46)51)36-15-5-2-6-16-36/h1-34H/i2D,5D,6D,7D,8D,9D,10D,12D,15D,16D,19D,20D,21D,22D,24D,25D,26D,27D,28D,29D,30D,32D,34D. The van der Waals surface area contributed by atoms with Crippen molar-refractivity contribution in [2.75, 3.05) is 0 Å². The van der Waals surface area contributed by atoms with Crippen molar-refractivity contribution >= 4 is 75.1 Å². The van der Waals surface area contributed by atoms with Gasteiger partial charge in [0.15, 0.2) is 0 Å². The average Bonchev–Trinajstić information content (AvgIpc) is 4.27. The molecule has 0 atom stereocenters. The van der Waals surface area contributed by atoms with Crippen LogP contribution in [0.15, 0.2) is 206 Å². The molecule has 0 N–H and O–H groups in total. The maximum atomic E-state index is 10.1. The van der Waals surface area contributed by atoms with Gasteiger partial charge in [0.1, 0.15) is 0 Å². The molecule has 3 heteroatoms. The lowest BCUT2D eigenvalue weighted by molar-refractivity contribution is 1.18. The predicted molar refractivity (Wildman–Crippen MR) is 244 cm³/mol. The summed E-state index contributed by atoms with van der Waals surface area (Å²) >= 11 is 0.685. The Balaban J connectivity index is 1.21. The van der Waals surface area contributed by atoms with Gasteiger partial charge >= 0.3 is 0 Å². The first-order valence-electron chi connectivity index (χ1n) is 29.1. The van der Waals surface area contributed by atoms with Crippen LogP contribution < -0.4 is 0 Å². The van der Waals surface area contributed by atoms with Crippen molar-refractivity contribution in [1.29, 1.82) is 0 Å². The van der Waals surface area contributed by atoms with Crippen LogP contribution in [0.4, 0.5) is 0 Å². The molecule has 0 unspecified atom stereocenters. The van der Waals surface area contributed by atoms with Gasteiger partial charge in [0.05, 0.1) is 64.0 Å². The Morgan fingerprint density at radius 1 is 0.368 bits per heavy atom. The van der Waals surface area contributed by atoms with Gasteiger partial charge < -0.3 is 9.13 Å². The van der Waals surface area contributed by atoms with Crippen LogP contribution >= 0.6 is 11.3 Å². The van der Waals surface area contributed by atoms with Crippen LogP contribution in [0, 0.1) is 0 Å². The molecule has 0 aliphatic rings. The Kier molecular flexibility index (Phi) is 3.75. The maximum Gasteiger partial charge on any atom is 0.0645 e. The third-order valence-corrected chi connectivity index (χ3v) is 11.1. The third-order valence-electron chi connectivity index (χ3n) is 9.97. The molecule has 0 aliphatic carbocycles. The smallest absolute Gasteiger partial charge is 0.0645 e. The highest BCUT2D eigenvalue weighted by Gasteiger charge is 2.19. The second-order valence-electron chi connectivity index (χ2n) is 13.1. The molecular formula is C54H34N2S. The summed E-state index contributed by atoms with van der Waals surface area (Å²) in [5.74, 6) is 0. The number of aromatic nitrogens is 2. The van der Waals surface area contributed by atoms with Crippen molar-refractivity contribution < 1.29 is 31.5 Å². The minimum atomic E-state index is -0.761. The Hall–Kier alpha value is -7.20. The summed E-state index contributed by atoms with van der Waals surface area (Å²) in [4.78, 5) is 0. The van der Waals surface area contributed by atoms with E-state index in [1.807, 2.05) is 36.4 Å². The maximum absolute atomic E-state index is 10.1. The van der Waals surface area contributed by atoms with E-state index in [0.717, 1.165) is 21.8 Å². The van der Waals surface area contributed by atoms with Crippen molar-refractivity contribution in [3.8, 4) is 44.8 Å². The van der Waals surface area contributed by atoms with Crippen molar-refractivity contribution in [2.24, 2.45) is 0 Å². The van der Waals surface area contributed by atoms with Gasteiger partial charge in [-0.25, -0.2) is 0 Å². The Labute approximate surface area is 366 Å². The van der Waals surface area contributed by atoms with E-state index in [9.17, 15) is 15.1 Å². The number of para-hydroxylation sites is 2. The van der Waals surface area contributed by atoms with Crippen LogP contribution in [0.2, 0.25) is 0 Å². The summed E-state index contributed by atoms with van der Waals surface area (Å²) < 4.78 is 212. The van der Waals surface area contributed by atoms with E-state index in [-0.39, 0.29) is 75.0 Å². The minimum absolute atomic E-state index is 0.0308. The van der Waals surface area contributed by atoms with Crippen molar-refractivity contribution in [2.45, 2.75) is 0 Å². The molecule has 0 bridgehead atoms. The van der Waals surface area contributed by atoms with E-state index in [2.05, 4.69) is 0 Å². The summed E-state index contributed by atoms with van der Waals surface area (Å²) in [5.41, 5.74) is -0.652. The Bertz CT molecular complexity index is 4840. The molecule has 12 aromatic rings. The van der Waals surface area contributed by atoms with Crippen LogP contribution in [0.5, 0.6) is 0 Å². The first-order chi connectivity index (χ1) is 37.8.